The van der Waals surface area contributed by atoms with Crippen LogP contribution in [0.15, 0.2) is 48.9 Å². The third-order valence-corrected chi connectivity index (χ3v) is 4.02. The third kappa shape index (κ3) is 2.51. The number of nitrogens with zero attached hydrogens (tertiary/aromatic N) is 7. The van der Waals surface area contributed by atoms with Crippen molar-refractivity contribution in [3.8, 4) is 34.9 Å². The summed E-state index contributed by atoms with van der Waals surface area (Å²) in [5.41, 5.74) is 2.40. The Balaban J connectivity index is 1.76. The number of rotatable bonds is 4. The van der Waals surface area contributed by atoms with E-state index in [0.29, 0.717) is 34.9 Å². The number of fused-ring (bicyclic) bond motifs is 1. The van der Waals surface area contributed by atoms with E-state index in [0.717, 1.165) is 11.0 Å². The second-order valence-corrected chi connectivity index (χ2v) is 5.64. The summed E-state index contributed by atoms with van der Waals surface area (Å²) in [6, 6.07) is 11.4. The molecular weight excluding hydrogens is 346 g/mol. The molecule has 1 aromatic carbocycles. The maximum Gasteiger partial charge on any atom is 0.231 e. The van der Waals surface area contributed by atoms with Gasteiger partial charge in [0.05, 0.1) is 23.7 Å². The largest absolute Gasteiger partial charge is 0.480 e. The lowest BCUT2D eigenvalue weighted by atomic mass is 10.2. The summed E-state index contributed by atoms with van der Waals surface area (Å²) in [5, 5.41) is 11.2. The zero-order valence-electron chi connectivity index (χ0n) is 14.2. The molecule has 5 aromatic rings. The average Bonchev–Trinajstić information content (AvgIpc) is 3.45. The summed E-state index contributed by atoms with van der Waals surface area (Å²) < 4.78 is 7.00. The van der Waals surface area contributed by atoms with Gasteiger partial charge in [-0.15, -0.1) is 5.10 Å². The van der Waals surface area contributed by atoms with E-state index in [-0.39, 0.29) is 0 Å². The molecule has 0 aliphatic rings. The zero-order valence-corrected chi connectivity index (χ0v) is 14.2. The molecule has 0 amide bonds. The van der Waals surface area contributed by atoms with E-state index in [4.69, 9.17) is 4.74 Å². The van der Waals surface area contributed by atoms with E-state index >= 15 is 0 Å². The number of hydrogen-bond acceptors (Lipinski definition) is 7. The lowest BCUT2D eigenvalue weighted by molar-refractivity contribution is 0.399. The van der Waals surface area contributed by atoms with Crippen LogP contribution in [0.4, 0.5) is 0 Å². The minimum Gasteiger partial charge on any atom is -0.480 e. The Kier molecular flexibility index (Phi) is 3.39. The van der Waals surface area contributed by atoms with Gasteiger partial charge >= 0.3 is 0 Å². The highest BCUT2D eigenvalue weighted by atomic mass is 16.5. The van der Waals surface area contributed by atoms with Gasteiger partial charge in [-0.05, 0) is 24.3 Å². The molecule has 10 heteroatoms. The highest BCUT2D eigenvalue weighted by molar-refractivity contribution is 5.76. The minimum absolute atomic E-state index is 0.383. The maximum atomic E-state index is 5.39. The summed E-state index contributed by atoms with van der Waals surface area (Å²) in [4.78, 5) is 20.9. The van der Waals surface area contributed by atoms with E-state index in [9.17, 15) is 0 Å². The van der Waals surface area contributed by atoms with Gasteiger partial charge in [0.1, 0.15) is 6.33 Å². The number of hydrogen-bond donors (Lipinski definition) is 2. The third-order valence-electron chi connectivity index (χ3n) is 4.02. The Labute approximate surface area is 152 Å². The standard InChI is InChI=1S/C17H13N9O/c1-27-16-10(5-4-8-18-16)15-23-14(13-19-9-20-24-13)25-26(15)17-21-11-6-2-3-7-12(11)22-17/h2-9H,1H3,(H,21,22)(H,19,20,24). The van der Waals surface area contributed by atoms with Crippen LogP contribution in [0.25, 0.3) is 40.0 Å². The number of aromatic amines is 2. The molecule has 2 N–H and O–H groups in total. The summed E-state index contributed by atoms with van der Waals surface area (Å²) in [5.74, 6) is 2.31. The molecule has 0 spiro atoms. The molecule has 0 saturated heterocycles. The van der Waals surface area contributed by atoms with Gasteiger partial charge in [-0.25, -0.2) is 19.9 Å². The van der Waals surface area contributed by atoms with Gasteiger partial charge < -0.3 is 9.72 Å². The molecule has 4 heterocycles. The van der Waals surface area contributed by atoms with Crippen LogP contribution in [-0.4, -0.2) is 52.0 Å². The number of aromatic nitrogens is 9. The second kappa shape index (κ2) is 6.02. The Hall–Kier alpha value is -4.08. The van der Waals surface area contributed by atoms with Gasteiger partial charge in [-0.2, -0.15) is 9.78 Å². The van der Waals surface area contributed by atoms with Crippen molar-refractivity contribution in [1.29, 1.82) is 0 Å². The zero-order chi connectivity index (χ0) is 18.2. The van der Waals surface area contributed by atoms with Gasteiger partial charge in [0.25, 0.3) is 0 Å². The molecule has 0 fully saturated rings. The van der Waals surface area contributed by atoms with Crippen LogP contribution in [0, 0.1) is 0 Å². The molecule has 0 atom stereocenters. The summed E-state index contributed by atoms with van der Waals surface area (Å²) in [6.45, 7) is 0. The first-order valence-electron chi connectivity index (χ1n) is 8.11. The van der Waals surface area contributed by atoms with Gasteiger partial charge in [0.2, 0.25) is 17.7 Å². The quantitative estimate of drug-likeness (QED) is 0.503. The van der Waals surface area contributed by atoms with Crippen molar-refractivity contribution >= 4 is 11.0 Å². The van der Waals surface area contributed by atoms with Crippen LogP contribution in [0.2, 0.25) is 0 Å². The van der Waals surface area contributed by atoms with Crippen molar-refractivity contribution in [3.63, 3.8) is 0 Å². The lowest BCUT2D eigenvalue weighted by Gasteiger charge is -2.06. The van der Waals surface area contributed by atoms with Crippen molar-refractivity contribution in [3.05, 3.63) is 48.9 Å². The lowest BCUT2D eigenvalue weighted by Crippen LogP contribution is -2.03. The first-order chi connectivity index (χ1) is 13.3. The van der Waals surface area contributed by atoms with Crippen molar-refractivity contribution in [2.45, 2.75) is 0 Å². The van der Waals surface area contributed by atoms with E-state index in [2.05, 4.69) is 40.2 Å². The molecule has 0 bridgehead atoms. The molecule has 0 saturated carbocycles. The molecule has 10 nitrogen and oxygen atoms in total. The molecule has 132 valence electrons. The van der Waals surface area contributed by atoms with Crippen molar-refractivity contribution in [2.75, 3.05) is 7.11 Å². The number of ether oxygens (including phenoxy) is 1. The summed E-state index contributed by atoms with van der Waals surface area (Å²) in [7, 11) is 1.56. The first kappa shape index (κ1) is 15.2. The fourth-order valence-corrected chi connectivity index (χ4v) is 2.81. The number of H-pyrrole nitrogens is 2. The number of imidazole rings is 1. The van der Waals surface area contributed by atoms with Crippen LogP contribution < -0.4 is 4.74 Å². The Morgan fingerprint density at radius 3 is 2.78 bits per heavy atom. The van der Waals surface area contributed by atoms with Crippen LogP contribution >= 0.6 is 0 Å². The molecule has 0 radical (unpaired) electrons. The molecule has 0 aliphatic heterocycles. The highest BCUT2D eigenvalue weighted by Crippen LogP contribution is 2.29. The van der Waals surface area contributed by atoms with Gasteiger partial charge in [0.15, 0.2) is 11.6 Å². The van der Waals surface area contributed by atoms with E-state index in [1.165, 1.54) is 6.33 Å². The predicted molar refractivity (Wildman–Crippen MR) is 96.2 cm³/mol. The van der Waals surface area contributed by atoms with E-state index in [1.54, 1.807) is 18.0 Å². The van der Waals surface area contributed by atoms with E-state index < -0.39 is 0 Å². The monoisotopic (exact) mass is 359 g/mol. The van der Waals surface area contributed by atoms with Crippen molar-refractivity contribution < 1.29 is 4.74 Å². The van der Waals surface area contributed by atoms with Crippen LogP contribution in [-0.2, 0) is 0 Å². The van der Waals surface area contributed by atoms with Crippen molar-refractivity contribution in [2.24, 2.45) is 0 Å². The topological polar surface area (TPSA) is 123 Å². The van der Waals surface area contributed by atoms with Crippen LogP contribution in [0.1, 0.15) is 0 Å². The SMILES string of the molecule is COc1ncccc1-c1nc(-c2ncn[nH]2)nn1-c1nc2ccccc2[nH]1. The van der Waals surface area contributed by atoms with E-state index in [1.807, 2.05) is 36.4 Å². The normalized spacial score (nSPS) is 11.1. The smallest absolute Gasteiger partial charge is 0.231 e. The fourth-order valence-electron chi connectivity index (χ4n) is 2.81. The minimum atomic E-state index is 0.383. The molecule has 27 heavy (non-hydrogen) atoms. The van der Waals surface area contributed by atoms with Gasteiger partial charge in [-0.3, -0.25) is 5.10 Å². The van der Waals surface area contributed by atoms with Crippen LogP contribution in [0.3, 0.4) is 0 Å². The number of nitrogens with one attached hydrogen (secondary N) is 2. The number of para-hydroxylation sites is 2. The second-order valence-electron chi connectivity index (χ2n) is 5.64. The van der Waals surface area contributed by atoms with Gasteiger partial charge in [0, 0.05) is 6.20 Å². The molecule has 0 aliphatic carbocycles. The Morgan fingerprint density at radius 1 is 1.04 bits per heavy atom. The number of methoxy groups -OCH3 is 1. The number of benzene rings is 1. The maximum absolute atomic E-state index is 5.39. The van der Waals surface area contributed by atoms with Crippen molar-refractivity contribution in [1.82, 2.24) is 44.9 Å². The first-order valence-corrected chi connectivity index (χ1v) is 8.11. The Morgan fingerprint density at radius 2 is 1.96 bits per heavy atom. The van der Waals surface area contributed by atoms with Gasteiger partial charge in [-0.1, -0.05) is 12.1 Å². The highest BCUT2D eigenvalue weighted by Gasteiger charge is 2.21. The summed E-state index contributed by atoms with van der Waals surface area (Å²) >= 11 is 0. The molecule has 0 unspecified atom stereocenters. The number of pyridine rings is 1. The molecular formula is C17H13N9O. The summed E-state index contributed by atoms with van der Waals surface area (Å²) in [6.07, 6.45) is 3.06. The fraction of sp³-hybridized carbons (Fsp3) is 0.0588. The average molecular weight is 359 g/mol. The molecule has 5 rings (SSSR count). The predicted octanol–water partition coefficient (Wildman–Crippen LogP) is 2.00. The van der Waals surface area contributed by atoms with Crippen LogP contribution in [0.5, 0.6) is 5.88 Å². The Bertz CT molecular complexity index is 1190. The molecule has 4 aromatic heterocycles.